The van der Waals surface area contributed by atoms with Gasteiger partial charge in [0.2, 0.25) is 0 Å². The third-order valence-corrected chi connectivity index (χ3v) is 3.83. The van der Waals surface area contributed by atoms with Gasteiger partial charge in [-0.05, 0) is 48.4 Å². The lowest BCUT2D eigenvalue weighted by Crippen LogP contribution is -2.33. The fourth-order valence-corrected chi connectivity index (χ4v) is 2.98. The monoisotopic (exact) mass is 217 g/mol. The van der Waals surface area contributed by atoms with Crippen molar-refractivity contribution in [2.75, 3.05) is 19.7 Å². The van der Waals surface area contributed by atoms with Crippen LogP contribution in [-0.2, 0) is 17.6 Å². The predicted octanol–water partition coefficient (Wildman–Crippen LogP) is 2.14. The van der Waals surface area contributed by atoms with Crippen LogP contribution in [0.5, 0.6) is 0 Å². The molecule has 0 radical (unpaired) electrons. The van der Waals surface area contributed by atoms with E-state index in [0.717, 1.165) is 19.7 Å². The van der Waals surface area contributed by atoms with E-state index in [9.17, 15) is 0 Å². The van der Waals surface area contributed by atoms with Crippen molar-refractivity contribution in [1.29, 1.82) is 0 Å². The molecule has 2 nitrogen and oxygen atoms in total. The van der Waals surface area contributed by atoms with Crippen LogP contribution in [0.15, 0.2) is 12.1 Å². The summed E-state index contributed by atoms with van der Waals surface area (Å²) in [5.74, 6) is 0. The molecule has 1 atom stereocenters. The van der Waals surface area contributed by atoms with E-state index in [1.165, 1.54) is 30.4 Å². The minimum absolute atomic E-state index is 0.279. The van der Waals surface area contributed by atoms with Gasteiger partial charge in [0, 0.05) is 13.1 Å². The highest BCUT2D eigenvalue weighted by Gasteiger charge is 2.23. The van der Waals surface area contributed by atoms with E-state index in [0.29, 0.717) is 0 Å². The molecule has 2 aliphatic rings. The van der Waals surface area contributed by atoms with Crippen LogP contribution in [0.25, 0.3) is 0 Å². The minimum atomic E-state index is 0.279. The molecule has 0 saturated carbocycles. The van der Waals surface area contributed by atoms with E-state index >= 15 is 0 Å². The quantitative estimate of drug-likeness (QED) is 0.778. The zero-order valence-corrected chi connectivity index (χ0v) is 9.88. The second kappa shape index (κ2) is 4.19. The van der Waals surface area contributed by atoms with Crippen LogP contribution in [0.4, 0.5) is 0 Å². The first-order valence-corrected chi connectivity index (χ1v) is 6.30. The predicted molar refractivity (Wildman–Crippen MR) is 64.8 cm³/mol. The molecular weight excluding hydrogens is 198 g/mol. The summed E-state index contributed by atoms with van der Waals surface area (Å²) in [6, 6.07) is 4.54. The molecule has 1 fully saturated rings. The fourth-order valence-electron chi connectivity index (χ4n) is 2.98. The van der Waals surface area contributed by atoms with E-state index in [4.69, 9.17) is 4.74 Å². The molecule has 1 heterocycles. The van der Waals surface area contributed by atoms with Gasteiger partial charge in [0.15, 0.2) is 0 Å². The zero-order valence-electron chi connectivity index (χ0n) is 9.88. The highest BCUT2D eigenvalue weighted by molar-refractivity contribution is 5.44. The van der Waals surface area contributed by atoms with Crippen molar-refractivity contribution in [2.45, 2.75) is 32.3 Å². The van der Waals surface area contributed by atoms with E-state index in [1.807, 2.05) is 0 Å². The molecular formula is C14H19NO. The van der Waals surface area contributed by atoms with Crippen molar-refractivity contribution in [3.63, 3.8) is 0 Å². The van der Waals surface area contributed by atoms with Crippen LogP contribution in [0.2, 0.25) is 0 Å². The number of nitrogens with one attached hydrogen (secondary N) is 1. The molecule has 0 spiro atoms. The number of hydrogen-bond acceptors (Lipinski definition) is 2. The Hall–Kier alpha value is -0.860. The van der Waals surface area contributed by atoms with Crippen LogP contribution in [0.1, 0.15) is 34.8 Å². The molecule has 0 amide bonds. The largest absolute Gasteiger partial charge is 0.371 e. The lowest BCUT2D eigenvalue weighted by atomic mass is 9.95. The van der Waals surface area contributed by atoms with Crippen LogP contribution >= 0.6 is 0 Å². The summed E-state index contributed by atoms with van der Waals surface area (Å²) in [4.78, 5) is 0. The molecule has 1 aliphatic heterocycles. The molecule has 1 aromatic rings. The van der Waals surface area contributed by atoms with Gasteiger partial charge >= 0.3 is 0 Å². The summed E-state index contributed by atoms with van der Waals surface area (Å²) in [6.45, 7) is 5.03. The second-order valence-electron chi connectivity index (χ2n) is 4.85. The highest BCUT2D eigenvalue weighted by atomic mass is 16.5. The number of hydrogen-bond donors (Lipinski definition) is 1. The summed E-state index contributed by atoms with van der Waals surface area (Å²) in [5.41, 5.74) is 6.06. The van der Waals surface area contributed by atoms with Gasteiger partial charge in [-0.25, -0.2) is 0 Å². The average molecular weight is 217 g/mol. The third kappa shape index (κ3) is 1.66. The van der Waals surface area contributed by atoms with Crippen LogP contribution in [-0.4, -0.2) is 19.7 Å². The fraction of sp³-hybridized carbons (Fsp3) is 0.571. The summed E-state index contributed by atoms with van der Waals surface area (Å²) in [5, 5.41) is 3.41. The highest BCUT2D eigenvalue weighted by Crippen LogP contribution is 2.33. The maximum absolute atomic E-state index is 5.87. The van der Waals surface area contributed by atoms with Crippen molar-refractivity contribution < 1.29 is 4.74 Å². The van der Waals surface area contributed by atoms with Gasteiger partial charge in [0.05, 0.1) is 12.7 Å². The standard InChI is InChI=1S/C14H19NO/c1-10-5-6-13(12-4-2-3-11(10)12)14-9-15-7-8-16-14/h5-6,14-15H,2-4,7-9H2,1H3. The maximum Gasteiger partial charge on any atom is 0.0952 e. The van der Waals surface area contributed by atoms with Gasteiger partial charge in [-0.2, -0.15) is 0 Å². The van der Waals surface area contributed by atoms with Crippen molar-refractivity contribution in [3.05, 3.63) is 34.4 Å². The lowest BCUT2D eigenvalue weighted by molar-refractivity contribution is 0.0272. The Balaban J connectivity index is 1.98. The van der Waals surface area contributed by atoms with Gasteiger partial charge < -0.3 is 10.1 Å². The normalized spacial score (nSPS) is 24.4. The Kier molecular flexibility index (Phi) is 2.70. The van der Waals surface area contributed by atoms with Crippen molar-refractivity contribution in [1.82, 2.24) is 5.32 Å². The Morgan fingerprint density at radius 2 is 2.12 bits per heavy atom. The van der Waals surface area contributed by atoms with E-state index in [1.54, 1.807) is 11.1 Å². The van der Waals surface area contributed by atoms with Gasteiger partial charge in [0.25, 0.3) is 0 Å². The van der Waals surface area contributed by atoms with E-state index in [2.05, 4.69) is 24.4 Å². The second-order valence-corrected chi connectivity index (χ2v) is 4.85. The SMILES string of the molecule is Cc1ccc(C2CNCCO2)c2c1CCC2. The van der Waals surface area contributed by atoms with Crippen LogP contribution < -0.4 is 5.32 Å². The van der Waals surface area contributed by atoms with Crippen molar-refractivity contribution in [3.8, 4) is 0 Å². The number of benzene rings is 1. The molecule has 1 saturated heterocycles. The number of rotatable bonds is 1. The Bertz CT molecular complexity index is 394. The van der Waals surface area contributed by atoms with E-state index in [-0.39, 0.29) is 6.10 Å². The molecule has 0 aromatic heterocycles. The van der Waals surface area contributed by atoms with Gasteiger partial charge in [0.1, 0.15) is 0 Å². The molecule has 1 N–H and O–H groups in total. The Labute approximate surface area is 97.0 Å². The van der Waals surface area contributed by atoms with Gasteiger partial charge in [-0.3, -0.25) is 0 Å². The summed E-state index contributed by atoms with van der Waals surface area (Å²) < 4.78 is 5.87. The first kappa shape index (κ1) is 10.3. The van der Waals surface area contributed by atoms with E-state index < -0.39 is 0 Å². The van der Waals surface area contributed by atoms with Crippen LogP contribution in [0, 0.1) is 6.92 Å². The van der Waals surface area contributed by atoms with Gasteiger partial charge in [-0.15, -0.1) is 0 Å². The third-order valence-electron chi connectivity index (χ3n) is 3.83. The Morgan fingerprint density at radius 1 is 1.25 bits per heavy atom. The number of aryl methyl sites for hydroxylation is 1. The molecule has 16 heavy (non-hydrogen) atoms. The zero-order chi connectivity index (χ0) is 11.0. The smallest absolute Gasteiger partial charge is 0.0952 e. The Morgan fingerprint density at radius 3 is 2.94 bits per heavy atom. The van der Waals surface area contributed by atoms with Crippen molar-refractivity contribution >= 4 is 0 Å². The minimum Gasteiger partial charge on any atom is -0.371 e. The number of fused-ring (bicyclic) bond motifs is 1. The van der Waals surface area contributed by atoms with Crippen LogP contribution in [0.3, 0.4) is 0 Å². The molecule has 1 aliphatic carbocycles. The lowest BCUT2D eigenvalue weighted by Gasteiger charge is -2.26. The molecule has 1 aromatic carbocycles. The first-order valence-electron chi connectivity index (χ1n) is 6.30. The summed E-state index contributed by atoms with van der Waals surface area (Å²) in [6.07, 6.45) is 4.09. The summed E-state index contributed by atoms with van der Waals surface area (Å²) >= 11 is 0. The number of morpholine rings is 1. The topological polar surface area (TPSA) is 21.3 Å². The summed E-state index contributed by atoms with van der Waals surface area (Å²) in [7, 11) is 0. The first-order chi connectivity index (χ1) is 7.86. The molecule has 3 rings (SSSR count). The van der Waals surface area contributed by atoms with Crippen molar-refractivity contribution in [2.24, 2.45) is 0 Å². The molecule has 2 heteroatoms. The molecule has 0 bridgehead atoms. The maximum atomic E-state index is 5.87. The molecule has 86 valence electrons. The average Bonchev–Trinajstić information content (AvgIpc) is 2.81. The number of ether oxygens (including phenoxy) is 1. The van der Waals surface area contributed by atoms with Gasteiger partial charge in [-0.1, -0.05) is 12.1 Å². The molecule has 1 unspecified atom stereocenters.